The molecule has 0 amide bonds. The van der Waals surface area contributed by atoms with E-state index >= 15 is 0 Å². The lowest BCUT2D eigenvalue weighted by atomic mass is 10.1. The van der Waals surface area contributed by atoms with E-state index < -0.39 is 0 Å². The van der Waals surface area contributed by atoms with E-state index in [1.165, 1.54) is 0 Å². The number of fused-ring (bicyclic) bond motifs is 1. The van der Waals surface area contributed by atoms with Gasteiger partial charge in [0.05, 0.1) is 0 Å². The molecule has 0 aliphatic heterocycles. The van der Waals surface area contributed by atoms with Crippen molar-refractivity contribution in [2.75, 3.05) is 0 Å². The predicted molar refractivity (Wildman–Crippen MR) is 65.3 cm³/mol. The summed E-state index contributed by atoms with van der Waals surface area (Å²) in [6.07, 6.45) is 3.24. The first-order valence-corrected chi connectivity index (χ1v) is 5.44. The van der Waals surface area contributed by atoms with Gasteiger partial charge in [0.1, 0.15) is 5.69 Å². The first-order chi connectivity index (χ1) is 8.25. The van der Waals surface area contributed by atoms with Crippen molar-refractivity contribution in [2.24, 2.45) is 0 Å². The zero-order valence-corrected chi connectivity index (χ0v) is 9.45. The van der Waals surface area contributed by atoms with Gasteiger partial charge in [0, 0.05) is 33.9 Å². The Kier molecular flexibility index (Phi) is 2.23. The summed E-state index contributed by atoms with van der Waals surface area (Å²) in [5, 5.41) is 7.93. The van der Waals surface area contributed by atoms with Gasteiger partial charge >= 0.3 is 0 Å². The summed E-state index contributed by atoms with van der Waals surface area (Å²) < 4.78 is 0. The van der Waals surface area contributed by atoms with E-state index in [0.717, 1.165) is 10.9 Å². The van der Waals surface area contributed by atoms with Crippen LogP contribution < -0.4 is 0 Å². The molecule has 0 radical (unpaired) electrons. The molecule has 2 aromatic heterocycles. The summed E-state index contributed by atoms with van der Waals surface area (Å²) in [6.45, 7) is 0. The molecule has 2 N–H and O–H groups in total. The van der Waals surface area contributed by atoms with Gasteiger partial charge in [-0.1, -0.05) is 17.7 Å². The quantitative estimate of drug-likeness (QED) is 0.682. The number of benzene rings is 1. The molecular weight excluding hydrogens is 238 g/mol. The molecule has 0 saturated heterocycles. The largest absolute Gasteiger partial charge is 0.360 e. The highest BCUT2D eigenvalue weighted by atomic mass is 35.5. The van der Waals surface area contributed by atoms with E-state index in [-0.39, 0.29) is 5.78 Å². The number of nitrogens with zero attached hydrogens (tertiary/aromatic N) is 1. The zero-order chi connectivity index (χ0) is 11.8. The van der Waals surface area contributed by atoms with Crippen molar-refractivity contribution < 1.29 is 4.79 Å². The number of hydrogen-bond donors (Lipinski definition) is 2. The minimum absolute atomic E-state index is 0.0870. The molecule has 3 aromatic rings. The maximum atomic E-state index is 12.1. The van der Waals surface area contributed by atoms with E-state index in [1.807, 2.05) is 6.07 Å². The standard InChI is InChI=1S/C12H8ClN3O/c13-7-1-2-8-9(6-14-11(8)5-7)12(17)10-3-4-15-16-10/h1-6,14H,(H,15,16). The molecule has 84 valence electrons. The first kappa shape index (κ1) is 10.1. The highest BCUT2D eigenvalue weighted by molar-refractivity contribution is 6.31. The molecule has 0 unspecified atom stereocenters. The van der Waals surface area contributed by atoms with Gasteiger partial charge in [-0.05, 0) is 18.2 Å². The van der Waals surface area contributed by atoms with Gasteiger partial charge < -0.3 is 4.98 Å². The molecule has 4 nitrogen and oxygen atoms in total. The third-order valence-corrected chi connectivity index (χ3v) is 2.87. The summed E-state index contributed by atoms with van der Waals surface area (Å²) in [5.41, 5.74) is 1.93. The Morgan fingerprint density at radius 1 is 1.29 bits per heavy atom. The Balaban J connectivity index is 2.15. The smallest absolute Gasteiger partial charge is 0.212 e. The second-order valence-corrected chi connectivity index (χ2v) is 4.13. The lowest BCUT2D eigenvalue weighted by Crippen LogP contribution is -2.00. The third kappa shape index (κ3) is 1.62. The highest BCUT2D eigenvalue weighted by Gasteiger charge is 2.15. The minimum Gasteiger partial charge on any atom is -0.360 e. The van der Waals surface area contributed by atoms with Crippen molar-refractivity contribution >= 4 is 28.3 Å². The Morgan fingerprint density at radius 2 is 2.18 bits per heavy atom. The Bertz CT molecular complexity index is 685. The average molecular weight is 246 g/mol. The second-order valence-electron chi connectivity index (χ2n) is 3.69. The van der Waals surface area contributed by atoms with Gasteiger partial charge in [0.25, 0.3) is 0 Å². The van der Waals surface area contributed by atoms with E-state index in [9.17, 15) is 4.79 Å². The maximum Gasteiger partial charge on any atom is 0.212 e. The Hall–Kier alpha value is -2.07. The normalized spacial score (nSPS) is 10.9. The van der Waals surface area contributed by atoms with E-state index in [0.29, 0.717) is 16.3 Å². The zero-order valence-electron chi connectivity index (χ0n) is 8.70. The van der Waals surface area contributed by atoms with Crippen molar-refractivity contribution in [3.05, 3.63) is 52.9 Å². The van der Waals surface area contributed by atoms with Crippen LogP contribution in [0.3, 0.4) is 0 Å². The van der Waals surface area contributed by atoms with Gasteiger partial charge in [-0.2, -0.15) is 5.10 Å². The molecule has 0 fully saturated rings. The van der Waals surface area contributed by atoms with Crippen LogP contribution in [0.5, 0.6) is 0 Å². The number of H-pyrrole nitrogens is 2. The molecule has 0 aliphatic carbocycles. The van der Waals surface area contributed by atoms with Crippen LogP contribution in [0.25, 0.3) is 10.9 Å². The van der Waals surface area contributed by atoms with Crippen LogP contribution in [0.15, 0.2) is 36.7 Å². The molecule has 3 rings (SSSR count). The third-order valence-electron chi connectivity index (χ3n) is 2.63. The van der Waals surface area contributed by atoms with Crippen LogP contribution in [0.1, 0.15) is 16.1 Å². The summed E-state index contributed by atoms with van der Waals surface area (Å²) in [4.78, 5) is 15.2. The fraction of sp³-hybridized carbons (Fsp3) is 0. The molecule has 0 aliphatic rings. The number of carbonyl (C=O) groups excluding carboxylic acids is 1. The molecule has 5 heteroatoms. The number of nitrogens with one attached hydrogen (secondary N) is 2. The number of aromatic amines is 2. The fourth-order valence-corrected chi connectivity index (χ4v) is 1.99. The minimum atomic E-state index is -0.0870. The molecule has 1 aromatic carbocycles. The first-order valence-electron chi connectivity index (χ1n) is 5.06. The number of ketones is 1. The van der Waals surface area contributed by atoms with Gasteiger partial charge in [-0.25, -0.2) is 0 Å². The molecule has 17 heavy (non-hydrogen) atoms. The molecule has 0 spiro atoms. The van der Waals surface area contributed by atoms with E-state index in [4.69, 9.17) is 11.6 Å². The Morgan fingerprint density at radius 3 is 2.94 bits per heavy atom. The van der Waals surface area contributed by atoms with Gasteiger partial charge in [-0.15, -0.1) is 0 Å². The fourth-order valence-electron chi connectivity index (χ4n) is 1.81. The second kappa shape index (κ2) is 3.75. The van der Waals surface area contributed by atoms with Gasteiger partial charge in [0.15, 0.2) is 0 Å². The average Bonchev–Trinajstić information content (AvgIpc) is 2.96. The van der Waals surface area contributed by atoms with Crippen LogP contribution in [0.2, 0.25) is 5.02 Å². The molecule has 0 bridgehead atoms. The highest BCUT2D eigenvalue weighted by Crippen LogP contribution is 2.23. The SMILES string of the molecule is O=C(c1ccn[nH]1)c1c[nH]c2cc(Cl)ccc12. The number of rotatable bonds is 2. The molecular formula is C12H8ClN3O. The van der Waals surface area contributed by atoms with Gasteiger partial charge in [-0.3, -0.25) is 9.89 Å². The van der Waals surface area contributed by atoms with Crippen LogP contribution in [-0.2, 0) is 0 Å². The lowest BCUT2D eigenvalue weighted by Gasteiger charge is -1.96. The summed E-state index contributed by atoms with van der Waals surface area (Å²) >= 11 is 5.89. The summed E-state index contributed by atoms with van der Waals surface area (Å²) in [6, 6.07) is 7.04. The van der Waals surface area contributed by atoms with Crippen LogP contribution in [0, 0.1) is 0 Å². The van der Waals surface area contributed by atoms with Crippen LogP contribution in [-0.4, -0.2) is 21.0 Å². The van der Waals surface area contributed by atoms with E-state index in [2.05, 4.69) is 15.2 Å². The topological polar surface area (TPSA) is 61.5 Å². The number of aromatic nitrogens is 3. The summed E-state index contributed by atoms with van der Waals surface area (Å²) in [5.74, 6) is -0.0870. The van der Waals surface area contributed by atoms with Crippen molar-refractivity contribution in [3.8, 4) is 0 Å². The number of carbonyl (C=O) groups is 1. The summed E-state index contributed by atoms with van der Waals surface area (Å²) in [7, 11) is 0. The molecule has 0 saturated carbocycles. The number of hydrogen-bond acceptors (Lipinski definition) is 2. The molecule has 0 atom stereocenters. The van der Waals surface area contributed by atoms with E-state index in [1.54, 1.807) is 30.6 Å². The van der Waals surface area contributed by atoms with Crippen LogP contribution in [0.4, 0.5) is 0 Å². The molecule has 2 heterocycles. The Labute approximate surface area is 102 Å². The van der Waals surface area contributed by atoms with Crippen molar-refractivity contribution in [3.63, 3.8) is 0 Å². The van der Waals surface area contributed by atoms with Crippen molar-refractivity contribution in [1.82, 2.24) is 15.2 Å². The number of halogens is 1. The maximum absolute atomic E-state index is 12.1. The lowest BCUT2D eigenvalue weighted by molar-refractivity contribution is 0.103. The van der Waals surface area contributed by atoms with Crippen molar-refractivity contribution in [1.29, 1.82) is 0 Å². The van der Waals surface area contributed by atoms with Crippen LogP contribution >= 0.6 is 11.6 Å². The monoisotopic (exact) mass is 245 g/mol. The predicted octanol–water partition coefficient (Wildman–Crippen LogP) is 2.78. The van der Waals surface area contributed by atoms with Crippen molar-refractivity contribution in [2.45, 2.75) is 0 Å². The van der Waals surface area contributed by atoms with Gasteiger partial charge in [0.2, 0.25) is 5.78 Å².